The highest BCUT2D eigenvalue weighted by atomic mass is 35.7. The van der Waals surface area contributed by atoms with Gasteiger partial charge < -0.3 is 4.90 Å². The maximum Gasteiger partial charge on any atom is 0.200 e. The molecule has 7 heteroatoms. The van der Waals surface area contributed by atoms with Crippen LogP contribution < -0.4 is 24.0 Å². The highest BCUT2D eigenvalue weighted by molar-refractivity contribution is 5.12. The quantitative estimate of drug-likeness (QED) is 0.452. The van der Waals surface area contributed by atoms with Crippen molar-refractivity contribution in [3.05, 3.63) is 24.0 Å². The number of halogens is 1. The topological polar surface area (TPSA) is 112 Å². The molecule has 0 radical (unpaired) electrons. The van der Waals surface area contributed by atoms with Crippen molar-refractivity contribution in [3.63, 3.8) is 0 Å². The van der Waals surface area contributed by atoms with E-state index in [1.165, 1.54) is 25.3 Å². The molecule has 86 valence electrons. The molecular weight excluding hydrogens is 224 g/mol. The molecule has 2 heterocycles. The van der Waals surface area contributed by atoms with Gasteiger partial charge in [-0.3, -0.25) is 5.32 Å². The van der Waals surface area contributed by atoms with Crippen LogP contribution in [0.2, 0.25) is 0 Å². The van der Waals surface area contributed by atoms with Gasteiger partial charge >= 0.3 is 0 Å². The largest absolute Gasteiger partial charge is 0.324 e. The molecule has 0 atom stereocenters. The number of hydrogen-bond acceptors (Lipinski definition) is 5. The molecule has 6 nitrogen and oxygen atoms in total. The highest BCUT2D eigenvalue weighted by Gasteiger charge is 2.17. The molecule has 0 spiro atoms. The van der Waals surface area contributed by atoms with E-state index in [4.69, 9.17) is 18.6 Å². The molecule has 0 aromatic heterocycles. The van der Waals surface area contributed by atoms with Crippen molar-refractivity contribution in [2.75, 3.05) is 19.6 Å². The summed E-state index contributed by atoms with van der Waals surface area (Å²) in [5, 5.41) is 2.33. The van der Waals surface area contributed by atoms with Crippen LogP contribution in [0, 0.1) is 10.2 Å². The Bertz CT molecular complexity index is 256. The Hall–Kier alpha value is -0.630. The van der Waals surface area contributed by atoms with Gasteiger partial charge in [0.25, 0.3) is 0 Å². The number of nitrogens with zero attached hydrogens (tertiary/aromatic N) is 1. The van der Waals surface area contributed by atoms with Crippen molar-refractivity contribution in [2.45, 2.75) is 6.42 Å². The smallest absolute Gasteiger partial charge is 0.200 e. The zero-order valence-corrected chi connectivity index (χ0v) is 8.85. The van der Waals surface area contributed by atoms with E-state index in [1.807, 2.05) is 0 Å². The van der Waals surface area contributed by atoms with Gasteiger partial charge in [-0.25, -0.2) is 18.6 Å². The lowest BCUT2D eigenvalue weighted by Gasteiger charge is -2.28. The first-order valence-corrected chi connectivity index (χ1v) is 5.77. The van der Waals surface area contributed by atoms with Crippen LogP contribution >= 0.6 is 0 Å². The van der Waals surface area contributed by atoms with Crippen LogP contribution in [0.25, 0.3) is 0 Å². The minimum atomic E-state index is -4.94. The molecule has 0 saturated carbocycles. The molecule has 2 aliphatic rings. The van der Waals surface area contributed by atoms with Gasteiger partial charge in [0.15, 0.2) is 0 Å². The summed E-state index contributed by atoms with van der Waals surface area (Å²) in [6, 6.07) is 0. The van der Waals surface area contributed by atoms with E-state index < -0.39 is 10.2 Å². The van der Waals surface area contributed by atoms with Crippen LogP contribution in [-0.2, 0) is 0 Å². The molecule has 2 aliphatic heterocycles. The highest BCUT2D eigenvalue weighted by Crippen LogP contribution is 2.05. The second kappa shape index (κ2) is 5.45. The summed E-state index contributed by atoms with van der Waals surface area (Å²) in [5.74, 6) is 1.42. The van der Waals surface area contributed by atoms with Crippen LogP contribution in [0.15, 0.2) is 24.0 Å². The molecule has 2 rings (SSSR count). The van der Waals surface area contributed by atoms with Crippen LogP contribution in [0.3, 0.4) is 0 Å². The second-order valence-corrected chi connectivity index (χ2v) is 3.95. The summed E-state index contributed by atoms with van der Waals surface area (Å²) < 4.78 is 34.0. The molecule has 0 aliphatic carbocycles. The number of hydrogen-bond donors (Lipinski definition) is 1. The van der Waals surface area contributed by atoms with Gasteiger partial charge in [-0.2, -0.15) is 0 Å². The molecule has 1 saturated heterocycles. The fourth-order valence-electron chi connectivity index (χ4n) is 1.52. The summed E-state index contributed by atoms with van der Waals surface area (Å²) >= 11 is 0. The first kappa shape index (κ1) is 12.4. The third kappa shape index (κ3) is 5.73. The molecule has 15 heavy (non-hydrogen) atoms. The van der Waals surface area contributed by atoms with Gasteiger partial charge in [-0.05, 0) is 0 Å². The Morgan fingerprint density at radius 3 is 2.53 bits per heavy atom. The number of allylic oxidation sites excluding steroid dienone is 2. The standard InChI is InChI=1S/C8H12N2.ClHO4/c1-2-6-10-7-3-5-9-8(10)4-1;2-1(3,4)5/h1-2,4,9H,3,5-7H2;(H,2,3,4,5). The molecule has 2 N–H and O–H groups in total. The third-order valence-corrected chi connectivity index (χ3v) is 2.08. The second-order valence-electron chi connectivity index (χ2n) is 3.19. The van der Waals surface area contributed by atoms with E-state index in [9.17, 15) is 0 Å². The van der Waals surface area contributed by atoms with E-state index >= 15 is 0 Å². The fourth-order valence-corrected chi connectivity index (χ4v) is 1.52. The van der Waals surface area contributed by atoms with Gasteiger partial charge in [-0.15, -0.1) is 10.2 Å². The summed E-state index contributed by atoms with van der Waals surface area (Å²) in [7, 11) is -4.94. The SMILES string of the molecule is C1=CCN2CCC[NH2+]C2=C1.[O-][Cl+3]([O-])([O-])[O-]. The van der Waals surface area contributed by atoms with E-state index in [-0.39, 0.29) is 0 Å². The number of nitrogens with two attached hydrogens (primary N) is 1. The predicted molar refractivity (Wildman–Crippen MR) is 40.2 cm³/mol. The average Bonchev–Trinajstić information content (AvgIpc) is 2.16. The number of quaternary nitrogens is 1. The molecule has 0 unspecified atom stereocenters. The molecule has 0 bridgehead atoms. The van der Waals surface area contributed by atoms with Crippen molar-refractivity contribution in [1.29, 1.82) is 0 Å². The summed E-state index contributed by atoms with van der Waals surface area (Å²) in [5.41, 5.74) is 0. The molecular formula is C8H13ClN2O4. The lowest BCUT2D eigenvalue weighted by Crippen LogP contribution is -2.87. The molecule has 0 aromatic carbocycles. The van der Waals surface area contributed by atoms with Crippen LogP contribution in [-0.4, -0.2) is 24.5 Å². The van der Waals surface area contributed by atoms with Gasteiger partial charge in [0, 0.05) is 25.6 Å². The Balaban J connectivity index is 0.000000195. The van der Waals surface area contributed by atoms with Gasteiger partial charge in [-0.1, -0.05) is 12.2 Å². The zero-order chi connectivity index (χ0) is 11.3. The van der Waals surface area contributed by atoms with Gasteiger partial charge in [0.05, 0.1) is 6.54 Å². The van der Waals surface area contributed by atoms with E-state index in [0.29, 0.717) is 0 Å². The fraction of sp³-hybridized carbons (Fsp3) is 0.500. The number of fused-ring (bicyclic) bond motifs is 1. The Labute approximate surface area is 89.9 Å². The minimum absolute atomic E-state index is 1.11. The predicted octanol–water partition coefficient (Wildman–Crippen LogP) is -5.09. The van der Waals surface area contributed by atoms with Crippen LogP contribution in [0.4, 0.5) is 0 Å². The van der Waals surface area contributed by atoms with Crippen molar-refractivity contribution in [2.24, 2.45) is 0 Å². The summed E-state index contributed by atoms with van der Waals surface area (Å²) in [6.07, 6.45) is 7.88. The Morgan fingerprint density at radius 1 is 1.27 bits per heavy atom. The molecule has 0 aromatic rings. The molecule has 0 amide bonds. The minimum Gasteiger partial charge on any atom is -0.324 e. The monoisotopic (exact) mass is 236 g/mol. The third-order valence-electron chi connectivity index (χ3n) is 2.08. The van der Waals surface area contributed by atoms with E-state index in [1.54, 1.807) is 0 Å². The Kier molecular flexibility index (Phi) is 4.52. The lowest BCUT2D eigenvalue weighted by molar-refractivity contribution is -2.00. The summed E-state index contributed by atoms with van der Waals surface area (Å²) in [4.78, 5) is 2.42. The normalized spacial score (nSPS) is 20.0. The van der Waals surface area contributed by atoms with Gasteiger partial charge in [0.2, 0.25) is 5.82 Å². The first-order chi connectivity index (χ1) is 6.97. The molecule has 1 fully saturated rings. The van der Waals surface area contributed by atoms with Gasteiger partial charge in [0.1, 0.15) is 0 Å². The zero-order valence-electron chi connectivity index (χ0n) is 8.10. The average molecular weight is 237 g/mol. The van der Waals surface area contributed by atoms with E-state index in [2.05, 4.69) is 28.4 Å². The number of rotatable bonds is 0. The maximum absolute atomic E-state index is 8.49. The van der Waals surface area contributed by atoms with Crippen molar-refractivity contribution >= 4 is 0 Å². The van der Waals surface area contributed by atoms with Crippen molar-refractivity contribution in [1.82, 2.24) is 4.90 Å². The maximum atomic E-state index is 8.49. The Morgan fingerprint density at radius 2 is 1.93 bits per heavy atom. The van der Waals surface area contributed by atoms with Crippen LogP contribution in [0.5, 0.6) is 0 Å². The van der Waals surface area contributed by atoms with Crippen LogP contribution in [0.1, 0.15) is 6.42 Å². The van der Waals surface area contributed by atoms with Crippen molar-refractivity contribution in [3.8, 4) is 0 Å². The summed E-state index contributed by atoms with van der Waals surface area (Å²) in [6.45, 7) is 3.62. The lowest BCUT2D eigenvalue weighted by atomic mass is 10.2. The van der Waals surface area contributed by atoms with E-state index in [0.717, 1.165) is 6.54 Å². The van der Waals surface area contributed by atoms with Crippen molar-refractivity contribution < 1.29 is 34.2 Å². The first-order valence-electron chi connectivity index (χ1n) is 4.53.